The van der Waals surface area contributed by atoms with E-state index in [1.807, 2.05) is 30.3 Å². The quantitative estimate of drug-likeness (QED) is 0.790. The van der Waals surface area contributed by atoms with Crippen molar-refractivity contribution in [3.63, 3.8) is 0 Å². The largest absolute Gasteiger partial charge is 0.451 e. The molecule has 0 saturated carbocycles. The summed E-state index contributed by atoms with van der Waals surface area (Å²) in [6.07, 6.45) is 0. The molecule has 0 bridgehead atoms. The first-order valence-electron chi connectivity index (χ1n) is 6.90. The number of rotatable bonds is 4. The number of amides is 1. The lowest BCUT2D eigenvalue weighted by Gasteiger charge is -2.03. The van der Waals surface area contributed by atoms with Crippen LogP contribution in [-0.2, 0) is 6.54 Å². The molecule has 0 radical (unpaired) electrons. The first-order chi connectivity index (χ1) is 10.7. The SMILES string of the molecule is O=C(NCc1ccccc1)c1ccc(-c2ccc(F)cc2)o1. The van der Waals surface area contributed by atoms with Crippen molar-refractivity contribution in [1.82, 2.24) is 5.32 Å². The van der Waals surface area contributed by atoms with Gasteiger partial charge < -0.3 is 9.73 Å². The van der Waals surface area contributed by atoms with Gasteiger partial charge in [0.25, 0.3) is 5.91 Å². The van der Waals surface area contributed by atoms with Gasteiger partial charge in [0.2, 0.25) is 0 Å². The summed E-state index contributed by atoms with van der Waals surface area (Å²) in [4.78, 5) is 12.1. The molecule has 1 N–H and O–H groups in total. The zero-order chi connectivity index (χ0) is 15.4. The van der Waals surface area contributed by atoms with Crippen LogP contribution >= 0.6 is 0 Å². The Hall–Kier alpha value is -2.88. The summed E-state index contributed by atoms with van der Waals surface area (Å²) in [6, 6.07) is 18.9. The van der Waals surface area contributed by atoms with E-state index >= 15 is 0 Å². The van der Waals surface area contributed by atoms with Crippen LogP contribution in [0.5, 0.6) is 0 Å². The van der Waals surface area contributed by atoms with Gasteiger partial charge in [-0.3, -0.25) is 4.79 Å². The molecule has 0 unspecified atom stereocenters. The first kappa shape index (κ1) is 14.1. The lowest BCUT2D eigenvalue weighted by Crippen LogP contribution is -2.22. The maximum absolute atomic E-state index is 12.9. The predicted octanol–water partition coefficient (Wildman–Crippen LogP) is 4.02. The Labute approximate surface area is 127 Å². The molecule has 2 aromatic carbocycles. The molecule has 3 rings (SSSR count). The standard InChI is InChI=1S/C18H14FNO2/c19-15-8-6-14(7-9-15)16-10-11-17(22-16)18(21)20-12-13-4-2-1-3-5-13/h1-11H,12H2,(H,20,21). The maximum Gasteiger partial charge on any atom is 0.287 e. The molecular weight excluding hydrogens is 281 g/mol. The van der Waals surface area contributed by atoms with Crippen molar-refractivity contribution in [1.29, 1.82) is 0 Å². The zero-order valence-corrected chi connectivity index (χ0v) is 11.8. The number of benzene rings is 2. The molecule has 0 aliphatic heterocycles. The van der Waals surface area contributed by atoms with Gasteiger partial charge in [-0.15, -0.1) is 0 Å². The molecular formula is C18H14FNO2. The van der Waals surface area contributed by atoms with Gasteiger partial charge in [0.05, 0.1) is 0 Å². The summed E-state index contributed by atoms with van der Waals surface area (Å²) in [6.45, 7) is 0.437. The van der Waals surface area contributed by atoms with Gasteiger partial charge in [0.15, 0.2) is 5.76 Å². The van der Waals surface area contributed by atoms with Crippen molar-refractivity contribution in [3.8, 4) is 11.3 Å². The highest BCUT2D eigenvalue weighted by molar-refractivity contribution is 5.92. The molecule has 22 heavy (non-hydrogen) atoms. The fourth-order valence-electron chi connectivity index (χ4n) is 2.09. The van der Waals surface area contributed by atoms with Crippen LogP contribution in [0.25, 0.3) is 11.3 Å². The van der Waals surface area contributed by atoms with Crippen LogP contribution in [0.3, 0.4) is 0 Å². The Morgan fingerprint density at radius 2 is 1.68 bits per heavy atom. The minimum atomic E-state index is -0.309. The zero-order valence-electron chi connectivity index (χ0n) is 11.8. The van der Waals surface area contributed by atoms with Crippen LogP contribution in [-0.4, -0.2) is 5.91 Å². The number of hydrogen-bond acceptors (Lipinski definition) is 2. The molecule has 0 atom stereocenters. The summed E-state index contributed by atoms with van der Waals surface area (Å²) in [7, 11) is 0. The van der Waals surface area contributed by atoms with Crippen molar-refractivity contribution in [2.24, 2.45) is 0 Å². The van der Waals surface area contributed by atoms with E-state index in [2.05, 4.69) is 5.32 Å². The van der Waals surface area contributed by atoms with E-state index in [-0.39, 0.29) is 17.5 Å². The summed E-state index contributed by atoms with van der Waals surface area (Å²) in [5.74, 6) is 0.175. The molecule has 0 aliphatic carbocycles. The second-order valence-corrected chi connectivity index (χ2v) is 4.84. The Bertz CT molecular complexity index is 763. The molecule has 0 spiro atoms. The van der Waals surface area contributed by atoms with Crippen LogP contribution < -0.4 is 5.32 Å². The summed E-state index contributed by atoms with van der Waals surface area (Å²) in [5, 5.41) is 2.80. The van der Waals surface area contributed by atoms with Crippen LogP contribution in [0.1, 0.15) is 16.1 Å². The molecule has 3 aromatic rings. The van der Waals surface area contributed by atoms with E-state index in [1.165, 1.54) is 12.1 Å². The highest BCUT2D eigenvalue weighted by Crippen LogP contribution is 2.22. The summed E-state index contributed by atoms with van der Waals surface area (Å²) < 4.78 is 18.4. The van der Waals surface area contributed by atoms with Crippen LogP contribution in [0, 0.1) is 5.82 Å². The molecule has 110 valence electrons. The smallest absolute Gasteiger partial charge is 0.287 e. The molecule has 3 nitrogen and oxygen atoms in total. The number of furan rings is 1. The Morgan fingerprint density at radius 3 is 2.41 bits per heavy atom. The van der Waals surface area contributed by atoms with Crippen LogP contribution in [0.15, 0.2) is 71.1 Å². The number of carbonyl (C=O) groups excluding carboxylic acids is 1. The molecule has 4 heteroatoms. The average molecular weight is 295 g/mol. The van der Waals surface area contributed by atoms with Crippen molar-refractivity contribution < 1.29 is 13.6 Å². The topological polar surface area (TPSA) is 42.2 Å². The highest BCUT2D eigenvalue weighted by atomic mass is 19.1. The number of hydrogen-bond donors (Lipinski definition) is 1. The van der Waals surface area contributed by atoms with Crippen molar-refractivity contribution in [3.05, 3.63) is 83.9 Å². The van der Waals surface area contributed by atoms with Gasteiger partial charge >= 0.3 is 0 Å². The number of nitrogens with one attached hydrogen (secondary N) is 1. The monoisotopic (exact) mass is 295 g/mol. The lowest BCUT2D eigenvalue weighted by molar-refractivity contribution is 0.0924. The first-order valence-corrected chi connectivity index (χ1v) is 6.90. The van der Waals surface area contributed by atoms with Gasteiger partial charge in [0, 0.05) is 12.1 Å². The third kappa shape index (κ3) is 3.23. The Kier molecular flexibility index (Phi) is 4.01. The van der Waals surface area contributed by atoms with Gasteiger partial charge in [-0.05, 0) is 42.0 Å². The number of carbonyl (C=O) groups is 1. The van der Waals surface area contributed by atoms with Crippen LogP contribution in [0.2, 0.25) is 0 Å². The fourth-order valence-corrected chi connectivity index (χ4v) is 2.09. The molecule has 0 saturated heterocycles. The van der Waals surface area contributed by atoms with Gasteiger partial charge in [-0.1, -0.05) is 30.3 Å². The minimum Gasteiger partial charge on any atom is -0.451 e. The predicted molar refractivity (Wildman–Crippen MR) is 81.7 cm³/mol. The molecule has 0 aliphatic rings. The Balaban J connectivity index is 1.68. The second-order valence-electron chi connectivity index (χ2n) is 4.84. The van der Waals surface area contributed by atoms with E-state index in [4.69, 9.17) is 4.42 Å². The fraction of sp³-hybridized carbons (Fsp3) is 0.0556. The molecule has 1 amide bonds. The summed E-state index contributed by atoms with van der Waals surface area (Å²) in [5.41, 5.74) is 1.74. The van der Waals surface area contributed by atoms with Gasteiger partial charge in [0.1, 0.15) is 11.6 Å². The summed E-state index contributed by atoms with van der Waals surface area (Å²) >= 11 is 0. The van der Waals surface area contributed by atoms with Gasteiger partial charge in [-0.2, -0.15) is 0 Å². The van der Waals surface area contributed by atoms with Crippen LogP contribution in [0.4, 0.5) is 4.39 Å². The normalized spacial score (nSPS) is 10.4. The Morgan fingerprint density at radius 1 is 0.955 bits per heavy atom. The molecule has 1 aromatic heterocycles. The van der Waals surface area contributed by atoms with E-state index in [0.717, 1.165) is 11.1 Å². The van der Waals surface area contributed by atoms with Crippen molar-refractivity contribution in [2.75, 3.05) is 0 Å². The molecule has 0 fully saturated rings. The minimum absolute atomic E-state index is 0.232. The number of halogens is 1. The maximum atomic E-state index is 12.9. The van der Waals surface area contributed by atoms with Crippen molar-refractivity contribution >= 4 is 5.91 Å². The lowest BCUT2D eigenvalue weighted by atomic mass is 10.2. The molecule has 1 heterocycles. The van der Waals surface area contributed by atoms with E-state index in [9.17, 15) is 9.18 Å². The third-order valence-corrected chi connectivity index (χ3v) is 3.25. The third-order valence-electron chi connectivity index (χ3n) is 3.25. The second kappa shape index (κ2) is 6.26. The van der Waals surface area contributed by atoms with E-state index < -0.39 is 0 Å². The average Bonchev–Trinajstić information content (AvgIpc) is 3.04. The van der Waals surface area contributed by atoms with Crippen molar-refractivity contribution in [2.45, 2.75) is 6.54 Å². The highest BCUT2D eigenvalue weighted by Gasteiger charge is 2.12. The van der Waals surface area contributed by atoms with E-state index in [0.29, 0.717) is 12.3 Å². The van der Waals surface area contributed by atoms with E-state index in [1.54, 1.807) is 24.3 Å². The van der Waals surface area contributed by atoms with Gasteiger partial charge in [-0.25, -0.2) is 4.39 Å².